The summed E-state index contributed by atoms with van der Waals surface area (Å²) in [6.45, 7) is 0. The summed E-state index contributed by atoms with van der Waals surface area (Å²) in [5.74, 6) is -0.411. The Morgan fingerprint density at radius 1 is 0.615 bits per heavy atom. The van der Waals surface area contributed by atoms with Crippen molar-refractivity contribution < 1.29 is 19.1 Å². The lowest BCUT2D eigenvalue weighted by Gasteiger charge is -2.07. The molecule has 0 aliphatic heterocycles. The molecule has 0 saturated carbocycles. The standard InChI is InChI=1S/C20H16N2O4/c21-15-5-1-3-13(11-15)19(23)25-17-7-9-18(10-8-17)26-20(24)14-4-2-6-16(22)12-14/h1-12H,21-22H2. The number of nitrogen functional groups attached to an aromatic ring is 2. The largest absolute Gasteiger partial charge is 0.423 e. The van der Waals surface area contributed by atoms with E-state index in [2.05, 4.69) is 0 Å². The van der Waals surface area contributed by atoms with E-state index in [1.54, 1.807) is 36.4 Å². The Morgan fingerprint density at radius 3 is 1.35 bits per heavy atom. The second-order valence-corrected chi connectivity index (χ2v) is 5.50. The number of carbonyl (C=O) groups excluding carboxylic acids is 2. The number of esters is 2. The molecule has 0 aromatic heterocycles. The fraction of sp³-hybridized carbons (Fsp3) is 0. The molecule has 3 aromatic rings. The van der Waals surface area contributed by atoms with Crippen molar-refractivity contribution in [1.82, 2.24) is 0 Å². The lowest BCUT2D eigenvalue weighted by molar-refractivity contribution is 0.0719. The molecule has 0 aliphatic rings. The van der Waals surface area contributed by atoms with Gasteiger partial charge in [0.2, 0.25) is 0 Å². The van der Waals surface area contributed by atoms with E-state index in [0.29, 0.717) is 34.0 Å². The van der Waals surface area contributed by atoms with Gasteiger partial charge in [-0.2, -0.15) is 0 Å². The highest BCUT2D eigenvalue weighted by atomic mass is 16.5. The maximum Gasteiger partial charge on any atom is 0.343 e. The summed E-state index contributed by atoms with van der Waals surface area (Å²) in [5.41, 5.74) is 12.9. The Bertz CT molecular complexity index is 874. The Hall–Kier alpha value is -3.80. The van der Waals surface area contributed by atoms with Crippen LogP contribution in [0.15, 0.2) is 72.8 Å². The van der Waals surface area contributed by atoms with Crippen LogP contribution in [0.25, 0.3) is 0 Å². The van der Waals surface area contributed by atoms with Crippen LogP contribution in [0.5, 0.6) is 11.5 Å². The van der Waals surface area contributed by atoms with Crippen LogP contribution in [0.3, 0.4) is 0 Å². The van der Waals surface area contributed by atoms with Crippen LogP contribution in [0.4, 0.5) is 11.4 Å². The highest BCUT2D eigenvalue weighted by Crippen LogP contribution is 2.20. The van der Waals surface area contributed by atoms with Gasteiger partial charge in [0.15, 0.2) is 0 Å². The van der Waals surface area contributed by atoms with Gasteiger partial charge in [0, 0.05) is 11.4 Å². The molecule has 130 valence electrons. The summed E-state index contributed by atoms with van der Waals surface area (Å²) in [6.07, 6.45) is 0. The number of hydrogen-bond acceptors (Lipinski definition) is 6. The highest BCUT2D eigenvalue weighted by Gasteiger charge is 2.11. The minimum absolute atomic E-state index is 0.321. The average Bonchev–Trinajstić information content (AvgIpc) is 2.63. The third kappa shape index (κ3) is 4.18. The van der Waals surface area contributed by atoms with Gasteiger partial charge in [-0.3, -0.25) is 0 Å². The number of nitrogens with two attached hydrogens (primary N) is 2. The second kappa shape index (κ2) is 7.40. The van der Waals surface area contributed by atoms with E-state index < -0.39 is 11.9 Å². The molecule has 4 N–H and O–H groups in total. The summed E-state index contributed by atoms with van der Waals surface area (Å²) >= 11 is 0. The first kappa shape index (κ1) is 17.0. The van der Waals surface area contributed by atoms with Gasteiger partial charge in [-0.05, 0) is 60.7 Å². The van der Waals surface area contributed by atoms with Crippen molar-refractivity contribution in [2.24, 2.45) is 0 Å². The van der Waals surface area contributed by atoms with Crippen molar-refractivity contribution in [2.75, 3.05) is 11.5 Å². The molecule has 0 amide bonds. The average molecular weight is 348 g/mol. The summed E-state index contributed by atoms with van der Waals surface area (Å²) in [7, 11) is 0. The van der Waals surface area contributed by atoms with Gasteiger partial charge < -0.3 is 20.9 Å². The van der Waals surface area contributed by atoms with Gasteiger partial charge >= 0.3 is 11.9 Å². The zero-order chi connectivity index (χ0) is 18.5. The Labute approximate surface area is 150 Å². The molecular formula is C20H16N2O4. The van der Waals surface area contributed by atoms with E-state index in [0.717, 1.165) is 0 Å². The van der Waals surface area contributed by atoms with Gasteiger partial charge in [-0.25, -0.2) is 9.59 Å². The van der Waals surface area contributed by atoms with Gasteiger partial charge in [0.25, 0.3) is 0 Å². The molecule has 0 aliphatic carbocycles. The van der Waals surface area contributed by atoms with E-state index in [4.69, 9.17) is 20.9 Å². The minimum Gasteiger partial charge on any atom is -0.423 e. The highest BCUT2D eigenvalue weighted by molar-refractivity contribution is 5.92. The van der Waals surface area contributed by atoms with Crippen LogP contribution in [0, 0.1) is 0 Å². The van der Waals surface area contributed by atoms with Gasteiger partial charge in [-0.15, -0.1) is 0 Å². The molecule has 0 unspecified atom stereocenters. The molecule has 26 heavy (non-hydrogen) atoms. The number of rotatable bonds is 4. The smallest absolute Gasteiger partial charge is 0.343 e. The molecule has 0 bridgehead atoms. The number of carbonyl (C=O) groups is 2. The quantitative estimate of drug-likeness (QED) is 0.426. The zero-order valence-corrected chi connectivity index (χ0v) is 13.7. The monoisotopic (exact) mass is 348 g/mol. The SMILES string of the molecule is Nc1cccc(C(=O)Oc2ccc(OC(=O)c3cccc(N)c3)cc2)c1. The third-order valence-electron chi connectivity index (χ3n) is 3.49. The van der Waals surface area contributed by atoms with Gasteiger partial charge in [0.05, 0.1) is 11.1 Å². The molecule has 3 aromatic carbocycles. The molecule has 0 heterocycles. The molecular weight excluding hydrogens is 332 g/mol. The minimum atomic E-state index is -0.526. The van der Waals surface area contributed by atoms with E-state index >= 15 is 0 Å². The number of benzene rings is 3. The van der Waals surface area contributed by atoms with Crippen molar-refractivity contribution in [1.29, 1.82) is 0 Å². The second-order valence-electron chi connectivity index (χ2n) is 5.50. The van der Waals surface area contributed by atoms with Crippen LogP contribution in [-0.4, -0.2) is 11.9 Å². The topological polar surface area (TPSA) is 105 Å². The number of hydrogen-bond donors (Lipinski definition) is 2. The van der Waals surface area contributed by atoms with Crippen molar-refractivity contribution in [3.05, 3.63) is 83.9 Å². The first-order valence-electron chi connectivity index (χ1n) is 7.77. The first-order chi connectivity index (χ1) is 12.5. The predicted molar refractivity (Wildman–Crippen MR) is 98.1 cm³/mol. The Balaban J connectivity index is 1.65. The number of anilines is 2. The lowest BCUT2D eigenvalue weighted by Crippen LogP contribution is -2.10. The molecule has 6 heteroatoms. The molecule has 0 spiro atoms. The summed E-state index contributed by atoms with van der Waals surface area (Å²) < 4.78 is 10.5. The van der Waals surface area contributed by atoms with Crippen LogP contribution in [0.2, 0.25) is 0 Å². The summed E-state index contributed by atoms with van der Waals surface area (Å²) in [4.78, 5) is 24.1. The molecule has 0 fully saturated rings. The van der Waals surface area contributed by atoms with E-state index in [9.17, 15) is 9.59 Å². The normalized spacial score (nSPS) is 10.2. The maximum atomic E-state index is 12.1. The van der Waals surface area contributed by atoms with Gasteiger partial charge in [-0.1, -0.05) is 12.1 Å². The lowest BCUT2D eigenvalue weighted by atomic mass is 10.2. The van der Waals surface area contributed by atoms with E-state index in [-0.39, 0.29) is 0 Å². The summed E-state index contributed by atoms with van der Waals surface area (Å²) in [5, 5.41) is 0. The van der Waals surface area contributed by atoms with E-state index in [1.165, 1.54) is 36.4 Å². The predicted octanol–water partition coefficient (Wildman–Crippen LogP) is 3.29. The van der Waals surface area contributed by atoms with Gasteiger partial charge in [0.1, 0.15) is 11.5 Å². The fourth-order valence-corrected chi connectivity index (χ4v) is 2.24. The molecule has 0 saturated heterocycles. The molecule has 3 rings (SSSR count). The molecule has 0 atom stereocenters. The fourth-order valence-electron chi connectivity index (χ4n) is 2.24. The Morgan fingerprint density at radius 2 is 1.00 bits per heavy atom. The van der Waals surface area contributed by atoms with Crippen molar-refractivity contribution in [3.8, 4) is 11.5 Å². The Kier molecular flexibility index (Phi) is 4.85. The van der Waals surface area contributed by atoms with Crippen molar-refractivity contribution in [2.45, 2.75) is 0 Å². The number of ether oxygens (including phenoxy) is 2. The van der Waals surface area contributed by atoms with Crippen LogP contribution >= 0.6 is 0 Å². The van der Waals surface area contributed by atoms with Crippen LogP contribution in [0.1, 0.15) is 20.7 Å². The molecule has 0 radical (unpaired) electrons. The van der Waals surface area contributed by atoms with Crippen molar-refractivity contribution >= 4 is 23.3 Å². The maximum absolute atomic E-state index is 12.1. The third-order valence-corrected chi connectivity index (χ3v) is 3.49. The van der Waals surface area contributed by atoms with Crippen LogP contribution in [-0.2, 0) is 0 Å². The molecule has 6 nitrogen and oxygen atoms in total. The van der Waals surface area contributed by atoms with Crippen LogP contribution < -0.4 is 20.9 Å². The van der Waals surface area contributed by atoms with E-state index in [1.807, 2.05) is 0 Å². The van der Waals surface area contributed by atoms with Crippen molar-refractivity contribution in [3.63, 3.8) is 0 Å². The zero-order valence-electron chi connectivity index (χ0n) is 13.7. The first-order valence-corrected chi connectivity index (χ1v) is 7.77. The summed E-state index contributed by atoms with van der Waals surface area (Å²) in [6, 6.07) is 19.1.